The molecule has 0 unspecified atom stereocenters. The molecule has 0 aliphatic carbocycles. The van der Waals surface area contributed by atoms with Crippen molar-refractivity contribution in [3.05, 3.63) is 85.5 Å². The number of benzene rings is 2. The van der Waals surface area contributed by atoms with Crippen LogP contribution in [-0.4, -0.2) is 34.0 Å². The second-order valence-corrected chi connectivity index (χ2v) is 5.99. The first-order valence-corrected chi connectivity index (χ1v) is 8.36. The van der Waals surface area contributed by atoms with E-state index in [1.54, 1.807) is 18.2 Å². The molecule has 1 aromatic heterocycles. The molecular formula is C19H14ClN3O5. The van der Waals surface area contributed by atoms with Crippen LogP contribution in [0.25, 0.3) is 5.69 Å². The number of rotatable bonds is 4. The highest BCUT2D eigenvalue weighted by molar-refractivity contribution is 6.32. The van der Waals surface area contributed by atoms with Crippen LogP contribution in [0.5, 0.6) is 5.88 Å². The van der Waals surface area contributed by atoms with Crippen LogP contribution in [0, 0.1) is 0 Å². The zero-order valence-electron chi connectivity index (χ0n) is 14.5. The van der Waals surface area contributed by atoms with E-state index in [-0.39, 0.29) is 16.3 Å². The summed E-state index contributed by atoms with van der Waals surface area (Å²) in [7, 11) is 1.28. The number of aromatic nitrogens is 2. The summed E-state index contributed by atoms with van der Waals surface area (Å²) in [6, 6.07) is 12.5. The first-order chi connectivity index (χ1) is 13.4. The van der Waals surface area contributed by atoms with Gasteiger partial charge in [-0.3, -0.25) is 14.8 Å². The summed E-state index contributed by atoms with van der Waals surface area (Å²) in [6.45, 7) is 0. The Balaban J connectivity index is 2.03. The molecule has 142 valence electrons. The van der Waals surface area contributed by atoms with E-state index in [0.717, 1.165) is 10.8 Å². The number of nitrogens with one attached hydrogen (secondary N) is 1. The van der Waals surface area contributed by atoms with Crippen LogP contribution in [0.2, 0.25) is 5.02 Å². The van der Waals surface area contributed by atoms with Gasteiger partial charge in [-0.25, -0.2) is 14.2 Å². The molecule has 0 radical (unpaired) electrons. The average molecular weight is 400 g/mol. The molecule has 0 spiro atoms. The van der Waals surface area contributed by atoms with E-state index < -0.39 is 23.1 Å². The number of hydrogen-bond donors (Lipinski definition) is 2. The summed E-state index contributed by atoms with van der Waals surface area (Å²) in [5.41, 5.74) is -0.899. The number of hydrogen-bond acceptors (Lipinski definition) is 6. The lowest BCUT2D eigenvalue weighted by Crippen LogP contribution is -2.31. The molecule has 8 nitrogen and oxygen atoms in total. The van der Waals surface area contributed by atoms with Gasteiger partial charge < -0.3 is 9.84 Å². The highest BCUT2D eigenvalue weighted by Crippen LogP contribution is 2.23. The average Bonchev–Trinajstić information content (AvgIpc) is 2.69. The van der Waals surface area contributed by atoms with Crippen molar-refractivity contribution in [2.45, 2.75) is 0 Å². The molecule has 2 aromatic carbocycles. The summed E-state index contributed by atoms with van der Waals surface area (Å²) in [4.78, 5) is 42.0. The van der Waals surface area contributed by atoms with Crippen molar-refractivity contribution >= 4 is 29.5 Å². The normalized spacial score (nSPS) is 10.9. The summed E-state index contributed by atoms with van der Waals surface area (Å²) in [5.74, 6) is -1.09. The summed E-state index contributed by atoms with van der Waals surface area (Å²) >= 11 is 6.09. The van der Waals surface area contributed by atoms with Crippen LogP contribution in [0.4, 0.5) is 5.69 Å². The third kappa shape index (κ3) is 3.72. The largest absolute Gasteiger partial charge is 0.493 e. The van der Waals surface area contributed by atoms with Gasteiger partial charge in [0, 0.05) is 6.21 Å². The second kappa shape index (κ2) is 7.93. The van der Waals surface area contributed by atoms with Crippen LogP contribution in [-0.2, 0) is 4.74 Å². The van der Waals surface area contributed by atoms with Gasteiger partial charge in [0.25, 0.3) is 5.56 Å². The number of aromatic hydroxyl groups is 1. The Morgan fingerprint density at radius 1 is 1.18 bits per heavy atom. The number of nitrogens with zero attached hydrogens (tertiary/aromatic N) is 2. The molecule has 0 saturated carbocycles. The van der Waals surface area contributed by atoms with Gasteiger partial charge in [0.15, 0.2) is 0 Å². The van der Waals surface area contributed by atoms with Gasteiger partial charge in [0.05, 0.1) is 29.1 Å². The molecule has 0 aliphatic rings. The summed E-state index contributed by atoms with van der Waals surface area (Å²) in [6.07, 6.45) is 1.12. The first-order valence-electron chi connectivity index (χ1n) is 7.98. The molecule has 0 amide bonds. The van der Waals surface area contributed by atoms with Crippen LogP contribution >= 0.6 is 11.6 Å². The quantitative estimate of drug-likeness (QED) is 0.516. The molecule has 0 atom stereocenters. The summed E-state index contributed by atoms with van der Waals surface area (Å²) in [5, 5.41) is 10.7. The van der Waals surface area contributed by atoms with Gasteiger partial charge in [-0.15, -0.1) is 0 Å². The van der Waals surface area contributed by atoms with Gasteiger partial charge in [-0.1, -0.05) is 23.7 Å². The highest BCUT2D eigenvalue weighted by Gasteiger charge is 2.16. The van der Waals surface area contributed by atoms with Gasteiger partial charge in [-0.05, 0) is 36.4 Å². The maximum Gasteiger partial charge on any atom is 0.337 e. The Labute approximate surface area is 163 Å². The maximum absolute atomic E-state index is 12.2. The van der Waals surface area contributed by atoms with Crippen molar-refractivity contribution in [1.82, 2.24) is 9.55 Å². The second-order valence-electron chi connectivity index (χ2n) is 5.58. The minimum Gasteiger partial charge on any atom is -0.493 e. The van der Waals surface area contributed by atoms with Crippen molar-refractivity contribution in [2.24, 2.45) is 4.99 Å². The van der Waals surface area contributed by atoms with E-state index in [1.165, 1.54) is 37.4 Å². The smallest absolute Gasteiger partial charge is 0.337 e. The molecule has 3 rings (SSSR count). The van der Waals surface area contributed by atoms with Crippen molar-refractivity contribution < 1.29 is 14.6 Å². The number of carbonyl (C=O) groups is 1. The van der Waals surface area contributed by atoms with Crippen LogP contribution < -0.4 is 11.2 Å². The number of aliphatic imine (C=N–C) groups is 1. The van der Waals surface area contributed by atoms with E-state index in [1.807, 2.05) is 0 Å². The van der Waals surface area contributed by atoms with Crippen molar-refractivity contribution in [3.8, 4) is 11.6 Å². The number of ether oxygens (including phenoxy) is 1. The third-order valence-electron chi connectivity index (χ3n) is 3.85. The Bertz CT molecular complexity index is 1180. The molecule has 3 aromatic rings. The third-order valence-corrected chi connectivity index (χ3v) is 4.16. The molecule has 0 fully saturated rings. The fraction of sp³-hybridized carbons (Fsp3) is 0.0526. The Morgan fingerprint density at radius 2 is 1.86 bits per heavy atom. The highest BCUT2D eigenvalue weighted by atomic mass is 35.5. The predicted octanol–water partition coefficient (Wildman–Crippen LogP) is 2.42. The minimum absolute atomic E-state index is 0.208. The lowest BCUT2D eigenvalue weighted by molar-refractivity contribution is 0.0601. The Morgan fingerprint density at radius 3 is 2.50 bits per heavy atom. The van der Waals surface area contributed by atoms with E-state index in [0.29, 0.717) is 11.3 Å². The van der Waals surface area contributed by atoms with Crippen molar-refractivity contribution in [3.63, 3.8) is 0 Å². The van der Waals surface area contributed by atoms with Crippen LogP contribution in [0.3, 0.4) is 0 Å². The van der Waals surface area contributed by atoms with Crippen LogP contribution in [0.1, 0.15) is 15.9 Å². The zero-order valence-corrected chi connectivity index (χ0v) is 15.3. The lowest BCUT2D eigenvalue weighted by Gasteiger charge is -2.10. The van der Waals surface area contributed by atoms with Gasteiger partial charge in [-0.2, -0.15) is 0 Å². The molecule has 9 heteroatoms. The molecule has 1 heterocycles. The number of para-hydroxylation sites is 1. The molecule has 0 aliphatic heterocycles. The summed E-state index contributed by atoms with van der Waals surface area (Å²) < 4.78 is 5.49. The van der Waals surface area contributed by atoms with Gasteiger partial charge in [0.1, 0.15) is 5.56 Å². The maximum atomic E-state index is 12.2. The topological polar surface area (TPSA) is 114 Å². The van der Waals surface area contributed by atoms with E-state index in [2.05, 4.69) is 14.7 Å². The van der Waals surface area contributed by atoms with Crippen molar-refractivity contribution in [2.75, 3.05) is 7.11 Å². The molecule has 0 bridgehead atoms. The molecular weight excluding hydrogens is 386 g/mol. The standard InChI is InChI=1S/C19H14ClN3O5/c1-28-18(26)11-6-8-12(9-7-11)21-10-13-16(24)22-19(27)23(17(13)25)15-5-3-2-4-14(15)20/h2-10,25H,1H3,(H,22,24,27). The number of H-pyrrole nitrogens is 1. The molecule has 2 N–H and O–H groups in total. The van der Waals surface area contributed by atoms with Gasteiger partial charge >= 0.3 is 11.7 Å². The zero-order chi connectivity index (χ0) is 20.3. The number of aromatic amines is 1. The Kier molecular flexibility index (Phi) is 5.42. The SMILES string of the molecule is COC(=O)c1ccc(N=Cc2c(O)n(-c3ccccc3Cl)c(=O)[nH]c2=O)cc1. The predicted molar refractivity (Wildman–Crippen MR) is 104 cm³/mol. The van der Waals surface area contributed by atoms with Gasteiger partial charge in [0.2, 0.25) is 5.88 Å². The monoisotopic (exact) mass is 399 g/mol. The minimum atomic E-state index is -0.838. The van der Waals surface area contributed by atoms with Crippen LogP contribution in [0.15, 0.2) is 63.1 Å². The number of halogens is 1. The number of esters is 1. The van der Waals surface area contributed by atoms with E-state index in [4.69, 9.17) is 11.6 Å². The van der Waals surface area contributed by atoms with E-state index in [9.17, 15) is 19.5 Å². The first kappa shape index (κ1) is 19.1. The molecule has 28 heavy (non-hydrogen) atoms. The lowest BCUT2D eigenvalue weighted by atomic mass is 10.2. The molecule has 0 saturated heterocycles. The number of methoxy groups -OCH3 is 1. The fourth-order valence-electron chi connectivity index (χ4n) is 2.45. The fourth-order valence-corrected chi connectivity index (χ4v) is 2.67. The van der Waals surface area contributed by atoms with Crippen molar-refractivity contribution in [1.29, 1.82) is 0 Å². The Hall–Kier alpha value is -3.65. The van der Waals surface area contributed by atoms with E-state index >= 15 is 0 Å². The number of carbonyl (C=O) groups excluding carboxylic acids is 1.